The fraction of sp³-hybridized carbons (Fsp3) is 1.00. The van der Waals surface area contributed by atoms with E-state index in [1.807, 2.05) is 0 Å². The Bertz CT molecular complexity index is 119. The molecule has 0 heterocycles. The number of nitrogens with one attached hydrogen (secondary N) is 1. The topological polar surface area (TPSA) is 38.0 Å². The Hall–Kier alpha value is -0.0800. The molecule has 0 bridgehead atoms. The Morgan fingerprint density at radius 3 is 2.64 bits per heavy atom. The van der Waals surface area contributed by atoms with E-state index in [9.17, 15) is 0 Å². The van der Waals surface area contributed by atoms with Gasteiger partial charge in [0.2, 0.25) is 0 Å². The summed E-state index contributed by atoms with van der Waals surface area (Å²) in [7, 11) is 0. The van der Waals surface area contributed by atoms with E-state index in [-0.39, 0.29) is 0 Å². The van der Waals surface area contributed by atoms with Gasteiger partial charge in [0.05, 0.1) is 0 Å². The molecular weight excluding hydrogens is 136 g/mol. The van der Waals surface area contributed by atoms with Crippen molar-refractivity contribution < 1.29 is 0 Å². The molecule has 0 radical (unpaired) electrons. The Balaban J connectivity index is 1.95. The Morgan fingerprint density at radius 2 is 2.18 bits per heavy atom. The largest absolute Gasteiger partial charge is 0.327 e. The van der Waals surface area contributed by atoms with E-state index in [1.165, 1.54) is 12.8 Å². The molecule has 2 heteroatoms. The average molecular weight is 156 g/mol. The maximum absolute atomic E-state index is 5.76. The molecule has 1 aliphatic rings. The van der Waals surface area contributed by atoms with E-state index in [1.54, 1.807) is 0 Å². The molecule has 0 aliphatic heterocycles. The van der Waals surface area contributed by atoms with Gasteiger partial charge in [0, 0.05) is 19.1 Å². The third kappa shape index (κ3) is 3.21. The second-order valence-electron chi connectivity index (χ2n) is 4.11. The van der Waals surface area contributed by atoms with Crippen LogP contribution in [0.1, 0.15) is 33.1 Å². The van der Waals surface area contributed by atoms with Gasteiger partial charge in [-0.2, -0.15) is 0 Å². The van der Waals surface area contributed by atoms with Gasteiger partial charge in [-0.05, 0) is 24.7 Å². The van der Waals surface area contributed by atoms with E-state index in [0.717, 1.165) is 19.5 Å². The van der Waals surface area contributed by atoms with Crippen molar-refractivity contribution in [3.63, 3.8) is 0 Å². The van der Waals surface area contributed by atoms with Crippen LogP contribution in [0.2, 0.25) is 0 Å². The number of nitrogens with two attached hydrogens (primary N) is 1. The molecule has 1 unspecified atom stereocenters. The molecule has 66 valence electrons. The van der Waals surface area contributed by atoms with E-state index >= 15 is 0 Å². The van der Waals surface area contributed by atoms with E-state index in [0.29, 0.717) is 11.5 Å². The van der Waals surface area contributed by atoms with Crippen molar-refractivity contribution in [1.82, 2.24) is 5.32 Å². The fourth-order valence-corrected chi connectivity index (χ4v) is 1.09. The normalized spacial score (nSPS) is 23.2. The van der Waals surface area contributed by atoms with Crippen molar-refractivity contribution in [2.75, 3.05) is 13.1 Å². The first kappa shape index (κ1) is 9.01. The predicted molar refractivity (Wildman–Crippen MR) is 48.5 cm³/mol. The molecule has 0 aromatic heterocycles. The molecule has 0 amide bonds. The highest BCUT2D eigenvalue weighted by molar-refractivity contribution is 4.90. The predicted octanol–water partition coefficient (Wildman–Crippen LogP) is 1.11. The van der Waals surface area contributed by atoms with Crippen LogP contribution in [0.15, 0.2) is 0 Å². The summed E-state index contributed by atoms with van der Waals surface area (Å²) >= 11 is 0. The first-order valence-corrected chi connectivity index (χ1v) is 4.62. The minimum absolute atomic E-state index is 0.345. The molecule has 1 aliphatic carbocycles. The minimum atomic E-state index is 0.345. The van der Waals surface area contributed by atoms with Crippen molar-refractivity contribution in [2.24, 2.45) is 11.1 Å². The molecule has 0 aromatic rings. The van der Waals surface area contributed by atoms with Gasteiger partial charge in [0.15, 0.2) is 0 Å². The minimum Gasteiger partial charge on any atom is -0.327 e. The summed E-state index contributed by atoms with van der Waals surface area (Å²) in [5.74, 6) is 0. The zero-order valence-corrected chi connectivity index (χ0v) is 7.69. The number of hydrogen-bond acceptors (Lipinski definition) is 2. The van der Waals surface area contributed by atoms with Gasteiger partial charge in [-0.1, -0.05) is 13.8 Å². The molecule has 3 N–H and O–H groups in total. The summed E-state index contributed by atoms with van der Waals surface area (Å²) in [5.41, 5.74) is 6.38. The van der Waals surface area contributed by atoms with Crippen LogP contribution in [-0.4, -0.2) is 19.1 Å². The monoisotopic (exact) mass is 156 g/mol. The van der Waals surface area contributed by atoms with Crippen LogP contribution in [0, 0.1) is 5.41 Å². The van der Waals surface area contributed by atoms with Crippen LogP contribution in [0.5, 0.6) is 0 Å². The van der Waals surface area contributed by atoms with E-state index in [2.05, 4.69) is 19.2 Å². The zero-order chi connectivity index (χ0) is 8.32. The highest BCUT2D eigenvalue weighted by Gasteiger charge is 2.36. The summed E-state index contributed by atoms with van der Waals surface area (Å²) in [6, 6.07) is 0.345. The lowest BCUT2D eigenvalue weighted by Gasteiger charge is -2.13. The molecule has 11 heavy (non-hydrogen) atoms. The average Bonchev–Trinajstić information content (AvgIpc) is 2.68. The van der Waals surface area contributed by atoms with E-state index < -0.39 is 0 Å². The van der Waals surface area contributed by atoms with Crippen molar-refractivity contribution in [3.8, 4) is 0 Å². The highest BCUT2D eigenvalue weighted by atomic mass is 14.9. The molecule has 0 saturated heterocycles. The SMILES string of the molecule is CCC(N)CNCC1(C)CC1. The van der Waals surface area contributed by atoms with Gasteiger partial charge < -0.3 is 11.1 Å². The molecule has 0 spiro atoms. The van der Waals surface area contributed by atoms with Crippen LogP contribution in [0.4, 0.5) is 0 Å². The summed E-state index contributed by atoms with van der Waals surface area (Å²) in [6.07, 6.45) is 3.85. The van der Waals surface area contributed by atoms with Gasteiger partial charge in [0.25, 0.3) is 0 Å². The van der Waals surface area contributed by atoms with Gasteiger partial charge in [-0.15, -0.1) is 0 Å². The number of rotatable bonds is 5. The van der Waals surface area contributed by atoms with Crippen LogP contribution in [-0.2, 0) is 0 Å². The third-order valence-corrected chi connectivity index (χ3v) is 2.59. The fourth-order valence-electron chi connectivity index (χ4n) is 1.09. The summed E-state index contributed by atoms with van der Waals surface area (Å²) in [4.78, 5) is 0. The Labute approximate surface area is 69.5 Å². The summed E-state index contributed by atoms with van der Waals surface area (Å²) in [5, 5.41) is 3.41. The third-order valence-electron chi connectivity index (χ3n) is 2.59. The molecule has 1 atom stereocenters. The lowest BCUT2D eigenvalue weighted by Crippen LogP contribution is -2.35. The van der Waals surface area contributed by atoms with Crippen molar-refractivity contribution in [3.05, 3.63) is 0 Å². The molecule has 1 saturated carbocycles. The maximum Gasteiger partial charge on any atom is 0.0162 e. The lowest BCUT2D eigenvalue weighted by molar-refractivity contribution is 0.472. The van der Waals surface area contributed by atoms with Gasteiger partial charge in [0.1, 0.15) is 0 Å². The molecular formula is C9H20N2. The van der Waals surface area contributed by atoms with Crippen molar-refractivity contribution >= 4 is 0 Å². The van der Waals surface area contributed by atoms with Crippen molar-refractivity contribution in [1.29, 1.82) is 0 Å². The Kier molecular flexibility index (Phi) is 2.90. The summed E-state index contributed by atoms with van der Waals surface area (Å²) < 4.78 is 0. The lowest BCUT2D eigenvalue weighted by atomic mass is 10.1. The first-order chi connectivity index (χ1) is 5.16. The van der Waals surface area contributed by atoms with Gasteiger partial charge in [-0.3, -0.25) is 0 Å². The van der Waals surface area contributed by atoms with Gasteiger partial charge >= 0.3 is 0 Å². The van der Waals surface area contributed by atoms with E-state index in [4.69, 9.17) is 5.73 Å². The second kappa shape index (κ2) is 3.55. The number of hydrogen-bond donors (Lipinski definition) is 2. The molecule has 1 fully saturated rings. The molecule has 1 rings (SSSR count). The zero-order valence-electron chi connectivity index (χ0n) is 7.69. The van der Waals surface area contributed by atoms with Crippen LogP contribution >= 0.6 is 0 Å². The second-order valence-corrected chi connectivity index (χ2v) is 4.11. The Morgan fingerprint density at radius 1 is 1.55 bits per heavy atom. The molecule has 2 nitrogen and oxygen atoms in total. The first-order valence-electron chi connectivity index (χ1n) is 4.62. The van der Waals surface area contributed by atoms with Crippen LogP contribution in [0.3, 0.4) is 0 Å². The standard InChI is InChI=1S/C9H20N2/c1-3-8(10)6-11-7-9(2)4-5-9/h8,11H,3-7,10H2,1-2H3. The smallest absolute Gasteiger partial charge is 0.0162 e. The van der Waals surface area contributed by atoms with Gasteiger partial charge in [-0.25, -0.2) is 0 Å². The highest BCUT2D eigenvalue weighted by Crippen LogP contribution is 2.43. The van der Waals surface area contributed by atoms with Crippen LogP contribution in [0.25, 0.3) is 0 Å². The quantitative estimate of drug-likeness (QED) is 0.626. The van der Waals surface area contributed by atoms with Crippen LogP contribution < -0.4 is 11.1 Å². The maximum atomic E-state index is 5.76. The summed E-state index contributed by atoms with van der Waals surface area (Å²) in [6.45, 7) is 6.59. The molecule has 0 aromatic carbocycles. The van der Waals surface area contributed by atoms with Crippen molar-refractivity contribution in [2.45, 2.75) is 39.2 Å².